The number of ether oxygens (including phenoxy) is 2. The average Bonchev–Trinajstić information content (AvgIpc) is 3.17. The molecule has 1 aromatic rings. The molecule has 0 aromatic carbocycles. The van der Waals surface area contributed by atoms with Crippen LogP contribution in [0.15, 0.2) is 6.33 Å². The Bertz CT molecular complexity index is 695. The lowest BCUT2D eigenvalue weighted by molar-refractivity contribution is -0.164. The minimum Gasteiger partial charge on any atom is -0.466 e. The van der Waals surface area contributed by atoms with Crippen LogP contribution in [0.3, 0.4) is 0 Å². The first-order valence-electron chi connectivity index (χ1n) is 8.71. The van der Waals surface area contributed by atoms with Gasteiger partial charge in [-0.3, -0.25) is 9.59 Å². The summed E-state index contributed by atoms with van der Waals surface area (Å²) in [7, 11) is 0. The monoisotopic (exact) mass is 346 g/mol. The normalized spacial score (nSPS) is 30.0. The predicted octanol–water partition coefficient (Wildman–Crippen LogP) is 1.60. The summed E-state index contributed by atoms with van der Waals surface area (Å²) in [5.74, 6) is -1.10. The molecule has 5 unspecified atom stereocenters. The van der Waals surface area contributed by atoms with E-state index in [1.807, 2.05) is 4.68 Å². The smallest absolute Gasteiger partial charge is 0.309 e. The number of carbonyl (C=O) groups excluding carboxylic acids is 2. The van der Waals surface area contributed by atoms with E-state index in [9.17, 15) is 14.9 Å². The molecule has 1 aliphatic heterocycles. The van der Waals surface area contributed by atoms with Crippen LogP contribution in [0.1, 0.15) is 50.9 Å². The number of aromatic nitrogens is 3. The highest BCUT2D eigenvalue weighted by molar-refractivity contribution is 5.82. The maximum absolute atomic E-state index is 12.4. The lowest BCUT2D eigenvalue weighted by Gasteiger charge is -2.37. The fourth-order valence-electron chi connectivity index (χ4n) is 4.26. The number of nitriles is 1. The zero-order valence-corrected chi connectivity index (χ0v) is 14.4. The second-order valence-corrected chi connectivity index (χ2v) is 6.45. The fraction of sp³-hybridized carbons (Fsp3) is 0.706. The van der Waals surface area contributed by atoms with Crippen LogP contribution >= 0.6 is 0 Å². The summed E-state index contributed by atoms with van der Waals surface area (Å²) in [4.78, 5) is 29.2. The van der Waals surface area contributed by atoms with Crippen LogP contribution in [0.2, 0.25) is 0 Å². The van der Waals surface area contributed by atoms with Crippen LogP contribution < -0.4 is 0 Å². The molecule has 0 radical (unpaired) electrons. The van der Waals surface area contributed by atoms with Gasteiger partial charge in [0.1, 0.15) is 12.2 Å². The first kappa shape index (κ1) is 17.4. The number of hydrogen-bond acceptors (Lipinski definition) is 7. The maximum atomic E-state index is 12.4. The number of carbonyl (C=O) groups is 2. The van der Waals surface area contributed by atoms with Gasteiger partial charge in [0.2, 0.25) is 0 Å². The Morgan fingerprint density at radius 1 is 1.24 bits per heavy atom. The van der Waals surface area contributed by atoms with Crippen molar-refractivity contribution in [3.05, 3.63) is 12.2 Å². The Balaban J connectivity index is 1.91. The molecule has 1 aromatic heterocycles. The third-order valence-electron chi connectivity index (χ3n) is 5.25. The van der Waals surface area contributed by atoms with Gasteiger partial charge in [0, 0.05) is 12.3 Å². The molecule has 1 fully saturated rings. The van der Waals surface area contributed by atoms with Crippen LogP contribution in [0.5, 0.6) is 0 Å². The summed E-state index contributed by atoms with van der Waals surface area (Å²) >= 11 is 0. The van der Waals surface area contributed by atoms with Crippen LogP contribution in [0.25, 0.3) is 0 Å². The van der Waals surface area contributed by atoms with Crippen molar-refractivity contribution in [2.75, 3.05) is 13.2 Å². The van der Waals surface area contributed by atoms with E-state index in [1.54, 1.807) is 13.8 Å². The predicted molar refractivity (Wildman–Crippen MR) is 85.0 cm³/mol. The topological polar surface area (TPSA) is 107 Å². The fourth-order valence-corrected chi connectivity index (χ4v) is 4.26. The largest absolute Gasteiger partial charge is 0.466 e. The standard InChI is InChI=1S/C17H22N4O4/c1-3-24-16(22)12-7-11-10(5-6-18)15-19-9-20-21(15)14(11)8-13(12)17(23)25-4-2/h9-14H,3-5,7-8H2,1-2H3. The van der Waals surface area contributed by atoms with Gasteiger partial charge >= 0.3 is 11.9 Å². The van der Waals surface area contributed by atoms with E-state index >= 15 is 0 Å². The van der Waals surface area contributed by atoms with E-state index in [0.717, 1.165) is 5.82 Å². The van der Waals surface area contributed by atoms with Gasteiger partial charge in [-0.2, -0.15) is 10.4 Å². The molecule has 0 spiro atoms. The zero-order valence-electron chi connectivity index (χ0n) is 14.4. The van der Waals surface area contributed by atoms with Crippen molar-refractivity contribution in [3.63, 3.8) is 0 Å². The molecule has 0 N–H and O–H groups in total. The highest BCUT2D eigenvalue weighted by Crippen LogP contribution is 2.52. The molecule has 25 heavy (non-hydrogen) atoms. The molecule has 2 heterocycles. The van der Waals surface area contributed by atoms with Gasteiger partial charge in [0.15, 0.2) is 0 Å². The van der Waals surface area contributed by atoms with Gasteiger partial charge in [-0.05, 0) is 32.6 Å². The highest BCUT2D eigenvalue weighted by atomic mass is 16.5. The van der Waals surface area contributed by atoms with Gasteiger partial charge in [0.25, 0.3) is 0 Å². The number of esters is 2. The molecule has 0 bridgehead atoms. The minimum atomic E-state index is -0.557. The number of hydrogen-bond donors (Lipinski definition) is 0. The maximum Gasteiger partial charge on any atom is 0.309 e. The third kappa shape index (κ3) is 2.99. The van der Waals surface area contributed by atoms with Crippen molar-refractivity contribution in [2.45, 2.75) is 45.1 Å². The highest BCUT2D eigenvalue weighted by Gasteiger charge is 2.52. The molecule has 8 heteroatoms. The van der Waals surface area contributed by atoms with E-state index < -0.39 is 11.8 Å². The Hall–Kier alpha value is -2.43. The van der Waals surface area contributed by atoms with E-state index in [2.05, 4.69) is 16.2 Å². The Morgan fingerprint density at radius 2 is 1.88 bits per heavy atom. The summed E-state index contributed by atoms with van der Waals surface area (Å²) in [5, 5.41) is 13.5. The van der Waals surface area contributed by atoms with Gasteiger partial charge in [-0.25, -0.2) is 9.67 Å². The van der Waals surface area contributed by atoms with E-state index in [4.69, 9.17) is 9.47 Å². The van der Waals surface area contributed by atoms with Crippen molar-refractivity contribution >= 4 is 11.9 Å². The first-order valence-corrected chi connectivity index (χ1v) is 8.71. The van der Waals surface area contributed by atoms with E-state index in [1.165, 1.54) is 6.33 Å². The van der Waals surface area contributed by atoms with Crippen molar-refractivity contribution in [1.82, 2.24) is 14.8 Å². The quantitative estimate of drug-likeness (QED) is 0.745. The lowest BCUT2D eigenvalue weighted by Crippen LogP contribution is -2.41. The van der Waals surface area contributed by atoms with Crippen LogP contribution in [-0.2, 0) is 19.1 Å². The summed E-state index contributed by atoms with van der Waals surface area (Å²) in [6.07, 6.45) is 2.72. The number of fused-ring (bicyclic) bond motifs is 3. The molecule has 3 rings (SSSR count). The van der Waals surface area contributed by atoms with Crippen LogP contribution in [0, 0.1) is 29.1 Å². The van der Waals surface area contributed by atoms with Crippen LogP contribution in [-0.4, -0.2) is 39.9 Å². The van der Waals surface area contributed by atoms with Crippen molar-refractivity contribution in [1.29, 1.82) is 5.26 Å². The van der Waals surface area contributed by atoms with Gasteiger partial charge < -0.3 is 9.47 Å². The minimum absolute atomic E-state index is 0.0454. The van der Waals surface area contributed by atoms with Crippen molar-refractivity contribution in [2.24, 2.45) is 17.8 Å². The Kier molecular flexibility index (Phi) is 5.02. The third-order valence-corrected chi connectivity index (χ3v) is 5.25. The second kappa shape index (κ2) is 7.21. The van der Waals surface area contributed by atoms with Crippen molar-refractivity contribution < 1.29 is 19.1 Å². The summed E-state index contributed by atoms with van der Waals surface area (Å²) in [6, 6.07) is 2.16. The molecule has 1 saturated carbocycles. The number of rotatable bonds is 5. The summed E-state index contributed by atoms with van der Waals surface area (Å²) < 4.78 is 12.2. The molecule has 1 aliphatic carbocycles. The van der Waals surface area contributed by atoms with Gasteiger partial charge in [0.05, 0.1) is 37.2 Å². The SMILES string of the molecule is CCOC(=O)C1CC2C(CC#N)c3ncnn3C2CC1C(=O)OCC. The first-order chi connectivity index (χ1) is 12.1. The lowest BCUT2D eigenvalue weighted by atomic mass is 9.68. The molecule has 5 atom stereocenters. The van der Waals surface area contributed by atoms with Gasteiger partial charge in [-0.15, -0.1) is 0 Å². The van der Waals surface area contributed by atoms with Crippen molar-refractivity contribution in [3.8, 4) is 6.07 Å². The van der Waals surface area contributed by atoms with Gasteiger partial charge in [-0.1, -0.05) is 0 Å². The Labute approximate surface area is 146 Å². The second-order valence-electron chi connectivity index (χ2n) is 6.45. The molecule has 2 aliphatic rings. The molecular weight excluding hydrogens is 324 g/mol. The average molecular weight is 346 g/mol. The molecular formula is C17H22N4O4. The van der Waals surface area contributed by atoms with Crippen LogP contribution in [0.4, 0.5) is 0 Å². The molecule has 0 amide bonds. The molecule has 134 valence electrons. The number of nitrogens with zero attached hydrogens (tertiary/aromatic N) is 4. The van der Waals surface area contributed by atoms with E-state index in [-0.39, 0.29) is 43.0 Å². The molecule has 8 nitrogen and oxygen atoms in total. The molecule has 0 saturated heterocycles. The summed E-state index contributed by atoms with van der Waals surface area (Å²) in [5.41, 5.74) is 0. The Morgan fingerprint density at radius 3 is 2.48 bits per heavy atom. The zero-order chi connectivity index (χ0) is 18.0. The summed E-state index contributed by atoms with van der Waals surface area (Å²) in [6.45, 7) is 4.03. The van der Waals surface area contributed by atoms with E-state index in [0.29, 0.717) is 19.3 Å².